The maximum Gasteiger partial charge on any atom is 0.227 e. The number of hydrogen-bond acceptors (Lipinski definition) is 2. The van der Waals surface area contributed by atoms with Crippen molar-refractivity contribution in [1.29, 1.82) is 0 Å². The lowest BCUT2D eigenvalue weighted by Gasteiger charge is -2.16. The summed E-state index contributed by atoms with van der Waals surface area (Å²) in [4.78, 5) is 11.5. The SMILES string of the molecule is CC(C)(O)CC(=O)Nc1cc(Cl)c(Br)cc1F. The number of carbonyl (C=O) groups excluding carboxylic acids is 1. The van der Waals surface area contributed by atoms with Gasteiger partial charge in [-0.3, -0.25) is 4.79 Å². The molecule has 0 aliphatic carbocycles. The van der Waals surface area contributed by atoms with E-state index in [4.69, 9.17) is 11.6 Å². The minimum atomic E-state index is -1.14. The number of nitrogens with one attached hydrogen (secondary N) is 1. The lowest BCUT2D eigenvalue weighted by Crippen LogP contribution is -2.27. The predicted octanol–water partition coefficient (Wildman–Crippen LogP) is 3.34. The minimum Gasteiger partial charge on any atom is -0.390 e. The summed E-state index contributed by atoms with van der Waals surface area (Å²) >= 11 is 8.86. The van der Waals surface area contributed by atoms with Gasteiger partial charge in [-0.1, -0.05) is 11.6 Å². The molecule has 6 heteroatoms. The normalized spacial score (nSPS) is 11.4. The van der Waals surface area contributed by atoms with Gasteiger partial charge in [0.05, 0.1) is 22.7 Å². The van der Waals surface area contributed by atoms with Crippen LogP contribution < -0.4 is 5.32 Å². The number of hydrogen-bond donors (Lipinski definition) is 2. The molecule has 1 rings (SSSR count). The van der Waals surface area contributed by atoms with E-state index in [0.717, 1.165) is 0 Å². The monoisotopic (exact) mass is 323 g/mol. The van der Waals surface area contributed by atoms with Crippen molar-refractivity contribution in [3.63, 3.8) is 0 Å². The van der Waals surface area contributed by atoms with Crippen molar-refractivity contribution < 1.29 is 14.3 Å². The molecule has 0 aliphatic heterocycles. The van der Waals surface area contributed by atoms with Gasteiger partial charge in [-0.15, -0.1) is 0 Å². The zero-order chi connectivity index (χ0) is 13.2. The molecule has 0 saturated carbocycles. The maximum absolute atomic E-state index is 13.5. The Kier molecular flexibility index (Phi) is 4.52. The Morgan fingerprint density at radius 2 is 2.18 bits per heavy atom. The average molecular weight is 325 g/mol. The van der Waals surface area contributed by atoms with E-state index in [-0.39, 0.29) is 12.1 Å². The van der Waals surface area contributed by atoms with Crippen LogP contribution in [0.1, 0.15) is 20.3 Å². The van der Waals surface area contributed by atoms with Gasteiger partial charge in [-0.05, 0) is 41.9 Å². The summed E-state index contributed by atoms with van der Waals surface area (Å²) in [6, 6.07) is 2.48. The number of carbonyl (C=O) groups is 1. The van der Waals surface area contributed by atoms with Crippen molar-refractivity contribution in [2.24, 2.45) is 0 Å². The average Bonchev–Trinajstić information content (AvgIpc) is 2.11. The van der Waals surface area contributed by atoms with Gasteiger partial charge in [0.15, 0.2) is 0 Å². The first-order valence-electron chi connectivity index (χ1n) is 4.86. The van der Waals surface area contributed by atoms with Crippen molar-refractivity contribution >= 4 is 39.1 Å². The van der Waals surface area contributed by atoms with Crippen LogP contribution in [-0.2, 0) is 4.79 Å². The van der Waals surface area contributed by atoms with E-state index < -0.39 is 17.3 Å². The Morgan fingerprint density at radius 1 is 1.59 bits per heavy atom. The maximum atomic E-state index is 13.5. The molecule has 1 aromatic rings. The highest BCUT2D eigenvalue weighted by atomic mass is 79.9. The van der Waals surface area contributed by atoms with E-state index in [1.54, 1.807) is 0 Å². The van der Waals surface area contributed by atoms with E-state index in [2.05, 4.69) is 21.2 Å². The Morgan fingerprint density at radius 3 is 2.71 bits per heavy atom. The molecule has 0 spiro atoms. The summed E-state index contributed by atoms with van der Waals surface area (Å²) in [6.45, 7) is 3.00. The highest BCUT2D eigenvalue weighted by Gasteiger charge is 2.19. The van der Waals surface area contributed by atoms with Gasteiger partial charge in [-0.25, -0.2) is 4.39 Å². The number of halogens is 3. The van der Waals surface area contributed by atoms with E-state index in [0.29, 0.717) is 9.50 Å². The van der Waals surface area contributed by atoms with Crippen LogP contribution in [0.4, 0.5) is 10.1 Å². The summed E-state index contributed by atoms with van der Waals surface area (Å²) in [6.07, 6.45) is -0.125. The summed E-state index contributed by atoms with van der Waals surface area (Å²) in [5.74, 6) is -1.07. The van der Waals surface area contributed by atoms with Crippen LogP contribution in [0.15, 0.2) is 16.6 Å². The Bertz CT molecular complexity index is 446. The van der Waals surface area contributed by atoms with E-state index >= 15 is 0 Å². The third-order valence-corrected chi connectivity index (χ3v) is 3.07. The molecule has 94 valence electrons. The van der Waals surface area contributed by atoms with Crippen LogP contribution in [0.5, 0.6) is 0 Å². The van der Waals surface area contributed by atoms with Crippen LogP contribution in [0, 0.1) is 5.82 Å². The topological polar surface area (TPSA) is 49.3 Å². The summed E-state index contributed by atoms with van der Waals surface area (Å²) in [5, 5.41) is 12.1. The zero-order valence-corrected chi connectivity index (χ0v) is 11.7. The molecule has 0 aromatic heterocycles. The van der Waals surface area contributed by atoms with Crippen LogP contribution in [0.25, 0.3) is 0 Å². The lowest BCUT2D eigenvalue weighted by molar-refractivity contribution is -0.119. The second kappa shape index (κ2) is 5.33. The molecule has 1 aromatic carbocycles. The Hall–Kier alpha value is -0.650. The number of rotatable bonds is 3. The van der Waals surface area contributed by atoms with Crippen LogP contribution in [-0.4, -0.2) is 16.6 Å². The first kappa shape index (κ1) is 14.4. The molecule has 0 saturated heterocycles. The molecule has 0 heterocycles. The van der Waals surface area contributed by atoms with Gasteiger partial charge >= 0.3 is 0 Å². The highest BCUT2D eigenvalue weighted by Crippen LogP contribution is 2.28. The predicted molar refractivity (Wildman–Crippen MR) is 68.7 cm³/mol. The first-order chi connectivity index (χ1) is 7.69. The largest absolute Gasteiger partial charge is 0.390 e. The van der Waals surface area contributed by atoms with Gasteiger partial charge < -0.3 is 10.4 Å². The molecule has 17 heavy (non-hydrogen) atoms. The van der Waals surface area contributed by atoms with Crippen LogP contribution in [0.2, 0.25) is 5.02 Å². The molecule has 0 bridgehead atoms. The standard InChI is InChI=1S/C11H12BrClFNO2/c1-11(2,17)5-10(16)15-9-4-7(13)6(12)3-8(9)14/h3-4,17H,5H2,1-2H3,(H,15,16). The smallest absolute Gasteiger partial charge is 0.227 e. The molecule has 0 unspecified atom stereocenters. The minimum absolute atomic E-state index is 0.00699. The zero-order valence-electron chi connectivity index (χ0n) is 9.35. The fourth-order valence-electron chi connectivity index (χ4n) is 1.21. The second-order valence-corrected chi connectivity index (χ2v) is 5.55. The second-order valence-electron chi connectivity index (χ2n) is 4.28. The summed E-state index contributed by atoms with van der Waals surface area (Å²) < 4.78 is 13.9. The molecule has 3 nitrogen and oxygen atoms in total. The fourth-order valence-corrected chi connectivity index (χ4v) is 1.68. The van der Waals surface area contributed by atoms with Crippen LogP contribution >= 0.6 is 27.5 Å². The molecule has 1 amide bonds. The Labute approximate surface area is 112 Å². The first-order valence-corrected chi connectivity index (χ1v) is 6.03. The molecule has 0 atom stereocenters. The molecular weight excluding hydrogens is 312 g/mol. The van der Waals surface area contributed by atoms with Gasteiger partial charge in [0.1, 0.15) is 5.82 Å². The van der Waals surface area contributed by atoms with Gasteiger partial charge in [0.2, 0.25) is 5.91 Å². The number of anilines is 1. The van der Waals surface area contributed by atoms with Crippen molar-refractivity contribution in [1.82, 2.24) is 0 Å². The van der Waals surface area contributed by atoms with Crippen LogP contribution in [0.3, 0.4) is 0 Å². The number of aliphatic hydroxyl groups is 1. The van der Waals surface area contributed by atoms with Crippen molar-refractivity contribution in [3.8, 4) is 0 Å². The van der Waals surface area contributed by atoms with Gasteiger partial charge in [-0.2, -0.15) is 0 Å². The molecular formula is C11H12BrClFNO2. The molecule has 0 fully saturated rings. The van der Waals surface area contributed by atoms with E-state index in [1.165, 1.54) is 26.0 Å². The molecule has 2 N–H and O–H groups in total. The van der Waals surface area contributed by atoms with Crippen molar-refractivity contribution in [2.75, 3.05) is 5.32 Å². The molecule has 0 radical (unpaired) electrons. The number of amides is 1. The van der Waals surface area contributed by atoms with E-state index in [9.17, 15) is 14.3 Å². The van der Waals surface area contributed by atoms with Gasteiger partial charge in [0, 0.05) is 4.47 Å². The highest BCUT2D eigenvalue weighted by molar-refractivity contribution is 9.10. The third kappa shape index (κ3) is 4.61. The molecule has 0 aliphatic rings. The Balaban J connectivity index is 2.82. The summed E-state index contributed by atoms with van der Waals surface area (Å²) in [7, 11) is 0. The van der Waals surface area contributed by atoms with Crippen molar-refractivity contribution in [3.05, 3.63) is 27.4 Å². The van der Waals surface area contributed by atoms with Gasteiger partial charge in [0.25, 0.3) is 0 Å². The lowest BCUT2D eigenvalue weighted by atomic mass is 10.1. The van der Waals surface area contributed by atoms with E-state index in [1.807, 2.05) is 0 Å². The number of benzene rings is 1. The fraction of sp³-hybridized carbons (Fsp3) is 0.364. The summed E-state index contributed by atoms with van der Waals surface area (Å²) in [5.41, 5.74) is -1.15. The third-order valence-electron chi connectivity index (χ3n) is 1.88. The van der Waals surface area contributed by atoms with Crippen molar-refractivity contribution in [2.45, 2.75) is 25.9 Å². The quantitative estimate of drug-likeness (QED) is 0.838.